The summed E-state index contributed by atoms with van der Waals surface area (Å²) in [5.41, 5.74) is 0. The number of unbranched alkanes of at least 4 members (excludes halogenated alkanes) is 1. The van der Waals surface area contributed by atoms with Crippen LogP contribution in [-0.4, -0.2) is 62.4 Å². The van der Waals surface area contributed by atoms with Crippen LogP contribution in [0.4, 0.5) is 52.7 Å². The van der Waals surface area contributed by atoms with Crippen LogP contribution in [0.5, 0.6) is 0 Å². The minimum absolute atomic E-state index is 1.05. The molecule has 178 valence electrons. The fourth-order valence-electron chi connectivity index (χ4n) is 1.58. The predicted octanol–water partition coefficient (Wildman–Crippen LogP) is 4.67. The van der Waals surface area contributed by atoms with Crippen LogP contribution in [0.25, 0.3) is 0 Å². The highest BCUT2D eigenvalue weighted by atomic mass is 32.2. The van der Waals surface area contributed by atoms with E-state index in [2.05, 4.69) is 5.32 Å². The van der Waals surface area contributed by atoms with Crippen molar-refractivity contribution in [2.24, 2.45) is 0 Å². The van der Waals surface area contributed by atoms with Gasteiger partial charge < -0.3 is 5.32 Å². The summed E-state index contributed by atoms with van der Waals surface area (Å²) in [5, 5.41) is -4.36. The van der Waals surface area contributed by atoms with Crippen LogP contribution < -0.4 is 5.32 Å². The van der Waals surface area contributed by atoms with Gasteiger partial charge in [0.2, 0.25) is 0 Å². The van der Waals surface area contributed by atoms with Gasteiger partial charge in [-0.25, -0.2) is 4.39 Å². The molecule has 2 N–H and O–H groups in total. The van der Waals surface area contributed by atoms with Crippen LogP contribution in [-0.2, 0) is 10.1 Å². The van der Waals surface area contributed by atoms with E-state index in [4.69, 9.17) is 4.55 Å². The lowest BCUT2D eigenvalue weighted by molar-refractivity contribution is -0.359. The highest BCUT2D eigenvalue weighted by molar-refractivity contribution is 7.87. The van der Waals surface area contributed by atoms with Gasteiger partial charge in [0, 0.05) is 6.42 Å². The summed E-state index contributed by atoms with van der Waals surface area (Å²) in [7, 11) is -3.56. The molecule has 1 atom stereocenters. The SMILES string of the molecule is CNC.O=S(=O)(O)C(F)(F)C(F)(F)C(F)(F)C(F)(F)C(F)CCCCC(F)(F)F. The van der Waals surface area contributed by atoms with Crippen molar-refractivity contribution < 1.29 is 65.7 Å². The molecular formula is C12H17F12NO3S. The van der Waals surface area contributed by atoms with Crippen molar-refractivity contribution in [1.29, 1.82) is 0 Å². The second-order valence-corrected chi connectivity index (χ2v) is 7.05. The van der Waals surface area contributed by atoms with E-state index in [1.165, 1.54) is 0 Å². The topological polar surface area (TPSA) is 66.4 Å². The lowest BCUT2D eigenvalue weighted by Gasteiger charge is -2.36. The van der Waals surface area contributed by atoms with E-state index in [9.17, 15) is 61.1 Å². The predicted molar refractivity (Wildman–Crippen MR) is 75.7 cm³/mol. The third-order valence-electron chi connectivity index (χ3n) is 3.06. The Morgan fingerprint density at radius 1 is 0.828 bits per heavy atom. The zero-order valence-corrected chi connectivity index (χ0v) is 15.4. The number of nitrogens with one attached hydrogen (secondary N) is 1. The number of hydrogen-bond donors (Lipinski definition) is 2. The number of alkyl halides is 12. The second-order valence-electron chi connectivity index (χ2n) is 5.59. The Kier molecular flexibility index (Phi) is 10.3. The van der Waals surface area contributed by atoms with E-state index in [1.54, 1.807) is 0 Å². The van der Waals surface area contributed by atoms with E-state index in [-0.39, 0.29) is 0 Å². The van der Waals surface area contributed by atoms with Crippen LogP contribution in [0.3, 0.4) is 0 Å². The van der Waals surface area contributed by atoms with Crippen LogP contribution in [0, 0.1) is 0 Å². The van der Waals surface area contributed by atoms with Gasteiger partial charge in [-0.05, 0) is 33.4 Å². The zero-order chi connectivity index (χ0) is 24.1. The van der Waals surface area contributed by atoms with Crippen molar-refractivity contribution >= 4 is 10.1 Å². The summed E-state index contributed by atoms with van der Waals surface area (Å²) in [6.45, 7) is 0. The molecule has 0 aromatic heterocycles. The van der Waals surface area contributed by atoms with E-state index in [1.807, 2.05) is 14.1 Å². The monoisotopic (exact) mass is 483 g/mol. The Balaban J connectivity index is 0. The first-order valence-electron chi connectivity index (χ1n) is 7.32. The summed E-state index contributed by atoms with van der Waals surface area (Å²) >= 11 is 0. The van der Waals surface area contributed by atoms with Gasteiger partial charge in [-0.3, -0.25) is 4.55 Å². The molecular weight excluding hydrogens is 466 g/mol. The fourth-order valence-corrected chi connectivity index (χ4v) is 2.03. The molecule has 0 rings (SSSR count). The molecule has 0 aromatic carbocycles. The summed E-state index contributed by atoms with van der Waals surface area (Å²) in [6, 6.07) is 0. The van der Waals surface area contributed by atoms with Crippen LogP contribution >= 0.6 is 0 Å². The molecule has 0 bridgehead atoms. The average molecular weight is 483 g/mol. The quantitative estimate of drug-likeness (QED) is 0.284. The second kappa shape index (κ2) is 9.89. The molecule has 0 fully saturated rings. The van der Waals surface area contributed by atoms with Crippen molar-refractivity contribution in [2.75, 3.05) is 14.1 Å². The Morgan fingerprint density at radius 3 is 1.52 bits per heavy atom. The van der Waals surface area contributed by atoms with Gasteiger partial charge in [-0.2, -0.15) is 56.7 Å². The molecule has 0 aliphatic heterocycles. The maximum atomic E-state index is 13.2. The molecule has 0 aliphatic rings. The Bertz CT molecular complexity index is 606. The Morgan fingerprint density at radius 2 is 1.21 bits per heavy atom. The molecule has 0 saturated carbocycles. The third-order valence-corrected chi connectivity index (χ3v) is 3.97. The lowest BCUT2D eigenvalue weighted by atomic mass is 9.96. The molecule has 0 heterocycles. The number of halogens is 12. The standard InChI is InChI=1S/C10H10F12O3S.C2H7N/c11-5(3-1-2-4-6(12,13)14)7(15,16)8(17,18)9(19,20)10(21,22)26(23,24)25;1-3-2/h5H,1-4H2,(H,23,24,25);3H,1-2H3. The molecule has 29 heavy (non-hydrogen) atoms. The maximum Gasteiger partial charge on any atom is 0.438 e. The Labute approximate surface area is 157 Å². The highest BCUT2D eigenvalue weighted by Gasteiger charge is 2.85. The largest absolute Gasteiger partial charge is 0.438 e. The first kappa shape index (κ1) is 30.2. The molecule has 0 radical (unpaired) electrons. The first-order valence-corrected chi connectivity index (χ1v) is 8.76. The minimum Gasteiger partial charge on any atom is -0.323 e. The van der Waals surface area contributed by atoms with Crippen LogP contribution in [0.15, 0.2) is 0 Å². The summed E-state index contributed by atoms with van der Waals surface area (Å²) in [6.07, 6.45) is -14.8. The lowest BCUT2D eigenvalue weighted by Crippen LogP contribution is -2.66. The summed E-state index contributed by atoms with van der Waals surface area (Å²) in [4.78, 5) is 0. The summed E-state index contributed by atoms with van der Waals surface area (Å²) < 4.78 is 181. The van der Waals surface area contributed by atoms with Crippen LogP contribution in [0.1, 0.15) is 25.7 Å². The molecule has 0 amide bonds. The van der Waals surface area contributed by atoms with Gasteiger partial charge in [-0.1, -0.05) is 0 Å². The van der Waals surface area contributed by atoms with Crippen LogP contribution in [0.2, 0.25) is 0 Å². The van der Waals surface area contributed by atoms with Crippen molar-refractivity contribution in [3.05, 3.63) is 0 Å². The highest BCUT2D eigenvalue weighted by Crippen LogP contribution is 2.55. The average Bonchev–Trinajstić information content (AvgIpc) is 2.49. The molecule has 0 spiro atoms. The van der Waals surface area contributed by atoms with Crippen molar-refractivity contribution in [3.8, 4) is 0 Å². The first-order chi connectivity index (χ1) is 12.5. The Hall–Kier alpha value is -0.970. The number of rotatable bonds is 9. The number of hydrogen-bond acceptors (Lipinski definition) is 3. The maximum absolute atomic E-state index is 13.2. The van der Waals surface area contributed by atoms with Crippen molar-refractivity contribution in [3.63, 3.8) is 0 Å². The molecule has 0 aliphatic carbocycles. The van der Waals surface area contributed by atoms with Gasteiger partial charge in [0.15, 0.2) is 6.17 Å². The van der Waals surface area contributed by atoms with Crippen molar-refractivity contribution in [1.82, 2.24) is 5.32 Å². The molecule has 4 nitrogen and oxygen atoms in total. The molecule has 17 heteroatoms. The summed E-state index contributed by atoms with van der Waals surface area (Å²) in [5.74, 6) is -21.4. The van der Waals surface area contributed by atoms with Gasteiger partial charge in [0.05, 0.1) is 0 Å². The minimum atomic E-state index is -7.45. The normalized spacial score (nSPS) is 15.6. The van der Waals surface area contributed by atoms with Gasteiger partial charge in [0.25, 0.3) is 0 Å². The van der Waals surface area contributed by atoms with E-state index >= 15 is 0 Å². The molecule has 0 aromatic rings. The zero-order valence-electron chi connectivity index (χ0n) is 14.6. The molecule has 0 saturated heterocycles. The van der Waals surface area contributed by atoms with Gasteiger partial charge in [-0.15, -0.1) is 0 Å². The third kappa shape index (κ3) is 7.04. The van der Waals surface area contributed by atoms with E-state index in [0.29, 0.717) is 0 Å². The van der Waals surface area contributed by atoms with Crippen molar-refractivity contribution in [2.45, 2.75) is 61.1 Å². The fraction of sp³-hybridized carbons (Fsp3) is 1.00. The van der Waals surface area contributed by atoms with Gasteiger partial charge in [0.1, 0.15) is 0 Å². The van der Waals surface area contributed by atoms with E-state index < -0.39 is 71.2 Å². The molecule has 1 unspecified atom stereocenters. The smallest absolute Gasteiger partial charge is 0.323 e. The van der Waals surface area contributed by atoms with E-state index in [0.717, 1.165) is 0 Å². The van der Waals surface area contributed by atoms with Gasteiger partial charge >= 0.3 is 39.3 Å².